The summed E-state index contributed by atoms with van der Waals surface area (Å²) < 4.78 is 5.93. The molecule has 1 aromatic heterocycles. The highest BCUT2D eigenvalue weighted by molar-refractivity contribution is 5.93. The zero-order valence-electron chi connectivity index (χ0n) is 17.6. The highest BCUT2D eigenvalue weighted by Crippen LogP contribution is 2.31. The minimum absolute atomic E-state index is 0.0494. The second-order valence-corrected chi connectivity index (χ2v) is 7.83. The number of carbonyl (C=O) groups excluding carboxylic acids is 1. The highest BCUT2D eigenvalue weighted by atomic mass is 16.5. The Kier molecular flexibility index (Phi) is 6.12. The average Bonchev–Trinajstić information content (AvgIpc) is 2.78. The third-order valence-corrected chi connectivity index (χ3v) is 5.38. The summed E-state index contributed by atoms with van der Waals surface area (Å²) in [6, 6.07) is 15.7. The fraction of sp³-hybridized carbons (Fsp3) is 0.375. The van der Waals surface area contributed by atoms with E-state index in [-0.39, 0.29) is 11.8 Å². The van der Waals surface area contributed by atoms with Gasteiger partial charge < -0.3 is 15.0 Å². The molecule has 1 amide bonds. The molecule has 1 atom stereocenters. The van der Waals surface area contributed by atoms with Crippen LogP contribution in [0, 0.1) is 12.8 Å². The van der Waals surface area contributed by atoms with Gasteiger partial charge in [-0.15, -0.1) is 0 Å². The van der Waals surface area contributed by atoms with Crippen molar-refractivity contribution >= 4 is 28.4 Å². The molecule has 6 nitrogen and oxygen atoms in total. The number of anilines is 2. The number of amides is 1. The highest BCUT2D eigenvalue weighted by Gasteiger charge is 2.29. The van der Waals surface area contributed by atoms with E-state index in [2.05, 4.69) is 17.1 Å². The fourth-order valence-electron chi connectivity index (χ4n) is 3.74. The smallest absolute Gasteiger partial charge is 0.258 e. The van der Waals surface area contributed by atoms with Gasteiger partial charge in [0.1, 0.15) is 0 Å². The third kappa shape index (κ3) is 4.53. The molecule has 1 N–H and O–H groups in total. The van der Waals surface area contributed by atoms with Crippen molar-refractivity contribution in [3.63, 3.8) is 0 Å². The van der Waals surface area contributed by atoms with Gasteiger partial charge in [0, 0.05) is 18.8 Å². The SMILES string of the molecule is CCCOc1nc2ccccc2nc1N1CCCC(C(=O)Nc2ccc(C)cc2)C1. The number of ether oxygens (including phenoxy) is 1. The van der Waals surface area contributed by atoms with Crippen LogP contribution < -0.4 is 15.0 Å². The van der Waals surface area contributed by atoms with Crippen LogP contribution in [-0.4, -0.2) is 35.6 Å². The van der Waals surface area contributed by atoms with Crippen molar-refractivity contribution in [2.24, 2.45) is 5.92 Å². The van der Waals surface area contributed by atoms with Gasteiger partial charge in [0.05, 0.1) is 23.6 Å². The van der Waals surface area contributed by atoms with Gasteiger partial charge in [-0.05, 0) is 50.5 Å². The van der Waals surface area contributed by atoms with Crippen LogP contribution in [0.15, 0.2) is 48.5 Å². The molecule has 6 heteroatoms. The number of hydrogen-bond donors (Lipinski definition) is 1. The lowest BCUT2D eigenvalue weighted by atomic mass is 9.97. The largest absolute Gasteiger partial charge is 0.475 e. The first-order valence-electron chi connectivity index (χ1n) is 10.7. The Morgan fingerprint density at radius 1 is 1.13 bits per heavy atom. The first kappa shape index (κ1) is 20.1. The molecule has 0 saturated carbocycles. The topological polar surface area (TPSA) is 67.4 Å². The Hall–Kier alpha value is -3.15. The summed E-state index contributed by atoms with van der Waals surface area (Å²) in [5.41, 5.74) is 3.66. The lowest BCUT2D eigenvalue weighted by Crippen LogP contribution is -2.41. The molecule has 0 aliphatic carbocycles. The van der Waals surface area contributed by atoms with Gasteiger partial charge in [-0.3, -0.25) is 4.79 Å². The van der Waals surface area contributed by atoms with Gasteiger partial charge in [0.2, 0.25) is 5.91 Å². The van der Waals surface area contributed by atoms with Crippen molar-refractivity contribution in [3.05, 3.63) is 54.1 Å². The van der Waals surface area contributed by atoms with E-state index in [0.717, 1.165) is 48.3 Å². The summed E-state index contributed by atoms with van der Waals surface area (Å²) in [5, 5.41) is 3.06. The zero-order valence-corrected chi connectivity index (χ0v) is 17.6. The molecule has 3 aromatic rings. The van der Waals surface area contributed by atoms with Crippen molar-refractivity contribution < 1.29 is 9.53 Å². The molecule has 1 fully saturated rings. The molecule has 156 valence electrons. The van der Waals surface area contributed by atoms with E-state index in [0.29, 0.717) is 19.0 Å². The van der Waals surface area contributed by atoms with E-state index in [1.807, 2.05) is 55.5 Å². The Balaban J connectivity index is 1.55. The molecule has 1 unspecified atom stereocenters. The summed E-state index contributed by atoms with van der Waals surface area (Å²) in [4.78, 5) is 24.6. The molecule has 1 aliphatic rings. The van der Waals surface area contributed by atoms with Gasteiger partial charge >= 0.3 is 0 Å². The van der Waals surface area contributed by atoms with Gasteiger partial charge in [-0.25, -0.2) is 9.97 Å². The monoisotopic (exact) mass is 404 g/mol. The number of nitrogens with one attached hydrogen (secondary N) is 1. The van der Waals surface area contributed by atoms with E-state index in [1.165, 1.54) is 5.56 Å². The number of aryl methyl sites for hydroxylation is 1. The number of carbonyl (C=O) groups is 1. The molecule has 2 aromatic carbocycles. The van der Waals surface area contributed by atoms with Crippen LogP contribution in [-0.2, 0) is 4.79 Å². The summed E-state index contributed by atoms with van der Waals surface area (Å²) in [6.07, 6.45) is 2.68. The quantitative estimate of drug-likeness (QED) is 0.651. The van der Waals surface area contributed by atoms with Crippen LogP contribution in [0.4, 0.5) is 11.5 Å². The molecular weight excluding hydrogens is 376 g/mol. The molecule has 1 aliphatic heterocycles. The molecule has 0 radical (unpaired) electrons. The van der Waals surface area contributed by atoms with Crippen LogP contribution in [0.2, 0.25) is 0 Å². The zero-order chi connectivity index (χ0) is 20.9. The van der Waals surface area contributed by atoms with Gasteiger partial charge in [0.25, 0.3) is 5.88 Å². The van der Waals surface area contributed by atoms with Crippen molar-refractivity contribution in [2.75, 3.05) is 29.9 Å². The minimum Gasteiger partial charge on any atom is -0.475 e. The van der Waals surface area contributed by atoms with Gasteiger partial charge in [0.15, 0.2) is 5.82 Å². The molecule has 30 heavy (non-hydrogen) atoms. The van der Waals surface area contributed by atoms with E-state index in [1.54, 1.807) is 0 Å². The Morgan fingerprint density at radius 2 is 1.87 bits per heavy atom. The molecule has 0 spiro atoms. The first-order chi connectivity index (χ1) is 14.6. The Labute approximate surface area is 177 Å². The Bertz CT molecular complexity index is 1020. The van der Waals surface area contributed by atoms with E-state index >= 15 is 0 Å². The maximum absolute atomic E-state index is 12.9. The van der Waals surface area contributed by atoms with Crippen LogP contribution >= 0.6 is 0 Å². The van der Waals surface area contributed by atoms with Gasteiger partial charge in [-0.1, -0.05) is 36.8 Å². The van der Waals surface area contributed by atoms with Crippen molar-refractivity contribution in [3.8, 4) is 5.88 Å². The normalized spacial score (nSPS) is 16.5. The van der Waals surface area contributed by atoms with Crippen LogP contribution in [0.3, 0.4) is 0 Å². The van der Waals surface area contributed by atoms with E-state index in [9.17, 15) is 4.79 Å². The number of piperidine rings is 1. The first-order valence-corrected chi connectivity index (χ1v) is 10.7. The minimum atomic E-state index is -0.104. The molecule has 1 saturated heterocycles. The lowest BCUT2D eigenvalue weighted by Gasteiger charge is -2.33. The van der Waals surface area contributed by atoms with Crippen molar-refractivity contribution in [1.82, 2.24) is 9.97 Å². The maximum atomic E-state index is 12.9. The van der Waals surface area contributed by atoms with Crippen LogP contribution in [0.25, 0.3) is 11.0 Å². The number of rotatable bonds is 6. The average molecular weight is 405 g/mol. The number of benzene rings is 2. The van der Waals surface area contributed by atoms with E-state index < -0.39 is 0 Å². The predicted molar refractivity (Wildman–Crippen MR) is 120 cm³/mol. The van der Waals surface area contributed by atoms with Crippen LogP contribution in [0.1, 0.15) is 31.7 Å². The maximum Gasteiger partial charge on any atom is 0.258 e. The number of nitrogens with zero attached hydrogens (tertiary/aromatic N) is 3. The molecular formula is C24H28N4O2. The summed E-state index contributed by atoms with van der Waals surface area (Å²) in [7, 11) is 0. The Morgan fingerprint density at radius 3 is 2.60 bits per heavy atom. The standard InChI is InChI=1S/C24H28N4O2/c1-3-15-30-24-22(26-20-8-4-5-9-21(20)27-24)28-14-6-7-18(16-28)23(29)25-19-12-10-17(2)11-13-19/h4-5,8-13,18H,3,6-7,14-16H2,1-2H3,(H,25,29). The van der Waals surface area contributed by atoms with Crippen molar-refractivity contribution in [1.29, 1.82) is 0 Å². The fourth-order valence-corrected chi connectivity index (χ4v) is 3.74. The lowest BCUT2D eigenvalue weighted by molar-refractivity contribution is -0.120. The number of fused-ring (bicyclic) bond motifs is 1. The second kappa shape index (κ2) is 9.11. The van der Waals surface area contributed by atoms with Gasteiger partial charge in [-0.2, -0.15) is 0 Å². The van der Waals surface area contributed by atoms with Crippen molar-refractivity contribution in [2.45, 2.75) is 33.1 Å². The summed E-state index contributed by atoms with van der Waals surface area (Å²) >= 11 is 0. The van der Waals surface area contributed by atoms with Crippen LogP contribution in [0.5, 0.6) is 5.88 Å². The summed E-state index contributed by atoms with van der Waals surface area (Å²) in [5.74, 6) is 1.23. The molecule has 4 rings (SSSR count). The molecule has 0 bridgehead atoms. The number of para-hydroxylation sites is 2. The number of hydrogen-bond acceptors (Lipinski definition) is 5. The third-order valence-electron chi connectivity index (χ3n) is 5.38. The predicted octanol–water partition coefficient (Wildman–Crippen LogP) is 4.58. The van der Waals surface area contributed by atoms with E-state index in [4.69, 9.17) is 14.7 Å². The second-order valence-electron chi connectivity index (χ2n) is 7.83. The molecule has 2 heterocycles. The summed E-state index contributed by atoms with van der Waals surface area (Å²) in [6.45, 7) is 6.14. The number of aromatic nitrogens is 2.